The van der Waals surface area contributed by atoms with E-state index < -0.39 is 5.97 Å². The number of carbonyl (C=O) groups excluding carboxylic acids is 2. The predicted molar refractivity (Wildman–Crippen MR) is 110 cm³/mol. The van der Waals surface area contributed by atoms with Crippen molar-refractivity contribution >= 4 is 22.6 Å². The molecule has 0 aromatic heterocycles. The average molecular weight is 393 g/mol. The molecule has 1 N–H and O–H groups in total. The summed E-state index contributed by atoms with van der Waals surface area (Å²) < 4.78 is 15.2. The van der Waals surface area contributed by atoms with E-state index in [4.69, 9.17) is 9.47 Å². The van der Waals surface area contributed by atoms with Crippen LogP contribution in [0.1, 0.15) is 28.9 Å². The molecule has 3 aromatic carbocycles. The quantitative estimate of drug-likeness (QED) is 0.617. The highest BCUT2D eigenvalue weighted by Gasteiger charge is 2.15. The number of ether oxygens (including phenoxy) is 3. The minimum Gasteiger partial charge on any atom is -0.493 e. The van der Waals surface area contributed by atoms with Crippen molar-refractivity contribution in [2.75, 3.05) is 20.8 Å². The Bertz CT molecular complexity index is 1030. The Balaban J connectivity index is 1.72. The molecule has 0 radical (unpaired) electrons. The summed E-state index contributed by atoms with van der Waals surface area (Å²) in [6.45, 7) is 1.70. The fraction of sp³-hybridized carbons (Fsp3) is 0.217. The fourth-order valence-corrected chi connectivity index (χ4v) is 2.96. The molecule has 0 saturated heterocycles. The molecule has 0 spiro atoms. The van der Waals surface area contributed by atoms with Crippen LogP contribution < -0.4 is 14.8 Å². The first-order valence-corrected chi connectivity index (χ1v) is 9.19. The first-order chi connectivity index (χ1) is 14.0. The summed E-state index contributed by atoms with van der Waals surface area (Å²) in [4.78, 5) is 23.9. The van der Waals surface area contributed by atoms with Crippen LogP contribution in [0.3, 0.4) is 0 Å². The molecule has 150 valence electrons. The maximum absolute atomic E-state index is 12.7. The van der Waals surface area contributed by atoms with E-state index >= 15 is 0 Å². The number of rotatable bonds is 7. The summed E-state index contributed by atoms with van der Waals surface area (Å²) in [5.74, 6) is -0.0153. The Hall–Kier alpha value is -3.54. The number of fused-ring (bicyclic) bond motifs is 1. The molecule has 0 bridgehead atoms. The van der Waals surface area contributed by atoms with Crippen molar-refractivity contribution in [2.45, 2.75) is 13.0 Å². The van der Waals surface area contributed by atoms with Crippen molar-refractivity contribution in [1.82, 2.24) is 5.32 Å². The smallest absolute Gasteiger partial charge is 0.343 e. The molecule has 0 heterocycles. The summed E-state index contributed by atoms with van der Waals surface area (Å²) >= 11 is 0. The molecule has 3 aromatic rings. The Kier molecular flexibility index (Phi) is 6.34. The van der Waals surface area contributed by atoms with E-state index in [1.807, 2.05) is 37.3 Å². The standard InChI is InChI=1S/C23H23NO5/c1-15(17-9-8-16-6-4-5-7-18(16)12-17)24-23(26)19-10-11-20(21(13-19)27-2)29-14-22(25)28-3/h4-13,15H,14H2,1-3H3,(H,24,26). The number of amides is 1. The highest BCUT2D eigenvalue weighted by Crippen LogP contribution is 2.28. The largest absolute Gasteiger partial charge is 0.493 e. The molecule has 1 amide bonds. The van der Waals surface area contributed by atoms with Crippen molar-refractivity contribution < 1.29 is 23.8 Å². The van der Waals surface area contributed by atoms with Crippen LogP contribution in [0, 0.1) is 0 Å². The number of hydrogen-bond acceptors (Lipinski definition) is 5. The van der Waals surface area contributed by atoms with Gasteiger partial charge in [-0.2, -0.15) is 0 Å². The van der Waals surface area contributed by atoms with Gasteiger partial charge in [-0.1, -0.05) is 36.4 Å². The van der Waals surface area contributed by atoms with Gasteiger partial charge in [0.05, 0.1) is 20.3 Å². The Morgan fingerprint density at radius 1 is 0.931 bits per heavy atom. The van der Waals surface area contributed by atoms with Crippen LogP contribution in [-0.2, 0) is 9.53 Å². The van der Waals surface area contributed by atoms with E-state index in [0.29, 0.717) is 17.1 Å². The monoisotopic (exact) mass is 393 g/mol. The Morgan fingerprint density at radius 3 is 2.41 bits per heavy atom. The predicted octanol–water partition coefficient (Wildman–Crippen LogP) is 3.89. The molecule has 1 unspecified atom stereocenters. The highest BCUT2D eigenvalue weighted by atomic mass is 16.6. The number of nitrogens with one attached hydrogen (secondary N) is 1. The number of esters is 1. The normalized spacial score (nSPS) is 11.6. The zero-order chi connectivity index (χ0) is 20.8. The third-order valence-corrected chi connectivity index (χ3v) is 4.62. The maximum Gasteiger partial charge on any atom is 0.343 e. The van der Waals surface area contributed by atoms with Crippen LogP contribution in [0.4, 0.5) is 0 Å². The van der Waals surface area contributed by atoms with Crippen molar-refractivity contribution in [1.29, 1.82) is 0 Å². The van der Waals surface area contributed by atoms with Crippen LogP contribution >= 0.6 is 0 Å². The molecule has 1 atom stereocenters. The van der Waals surface area contributed by atoms with Crippen LogP contribution in [-0.4, -0.2) is 32.7 Å². The van der Waals surface area contributed by atoms with Crippen molar-refractivity contribution in [3.05, 3.63) is 71.8 Å². The van der Waals surface area contributed by atoms with Gasteiger partial charge >= 0.3 is 5.97 Å². The van der Waals surface area contributed by atoms with Crippen molar-refractivity contribution in [3.8, 4) is 11.5 Å². The third-order valence-electron chi connectivity index (χ3n) is 4.62. The van der Waals surface area contributed by atoms with Gasteiger partial charge in [0.1, 0.15) is 0 Å². The van der Waals surface area contributed by atoms with Crippen LogP contribution in [0.25, 0.3) is 10.8 Å². The van der Waals surface area contributed by atoms with Gasteiger partial charge in [-0.15, -0.1) is 0 Å². The van der Waals surface area contributed by atoms with Gasteiger partial charge in [0, 0.05) is 5.56 Å². The van der Waals surface area contributed by atoms with Crippen molar-refractivity contribution in [2.24, 2.45) is 0 Å². The molecule has 0 saturated carbocycles. The first-order valence-electron chi connectivity index (χ1n) is 9.19. The van der Waals surface area contributed by atoms with Crippen molar-refractivity contribution in [3.63, 3.8) is 0 Å². The second-order valence-corrected chi connectivity index (χ2v) is 6.53. The summed E-state index contributed by atoms with van der Waals surface area (Å²) in [5.41, 5.74) is 1.45. The summed E-state index contributed by atoms with van der Waals surface area (Å²) in [6, 6.07) is 18.8. The second-order valence-electron chi connectivity index (χ2n) is 6.53. The fourth-order valence-electron chi connectivity index (χ4n) is 2.96. The molecule has 6 nitrogen and oxygen atoms in total. The molecular formula is C23H23NO5. The lowest BCUT2D eigenvalue weighted by Gasteiger charge is -2.16. The average Bonchev–Trinajstić information content (AvgIpc) is 2.76. The van der Waals surface area contributed by atoms with Gasteiger partial charge in [0.25, 0.3) is 5.91 Å². The van der Waals surface area contributed by atoms with Crippen LogP contribution in [0.5, 0.6) is 11.5 Å². The van der Waals surface area contributed by atoms with E-state index in [1.54, 1.807) is 18.2 Å². The summed E-state index contributed by atoms with van der Waals surface area (Å²) in [7, 11) is 2.76. The lowest BCUT2D eigenvalue weighted by atomic mass is 10.0. The van der Waals surface area contributed by atoms with Gasteiger partial charge < -0.3 is 19.5 Å². The van der Waals surface area contributed by atoms with Gasteiger partial charge in [0.15, 0.2) is 18.1 Å². The van der Waals surface area contributed by atoms with E-state index in [-0.39, 0.29) is 18.6 Å². The molecular weight excluding hydrogens is 370 g/mol. The Labute approximate surface area is 169 Å². The van der Waals surface area contributed by atoms with E-state index in [0.717, 1.165) is 16.3 Å². The minimum atomic E-state index is -0.502. The second kappa shape index (κ2) is 9.10. The summed E-state index contributed by atoms with van der Waals surface area (Å²) in [5, 5.41) is 5.28. The number of benzene rings is 3. The van der Waals surface area contributed by atoms with Gasteiger partial charge in [-0.25, -0.2) is 4.79 Å². The highest BCUT2D eigenvalue weighted by molar-refractivity contribution is 5.95. The molecule has 29 heavy (non-hydrogen) atoms. The van der Waals surface area contributed by atoms with Crippen LogP contribution in [0.15, 0.2) is 60.7 Å². The SMILES string of the molecule is COC(=O)COc1ccc(C(=O)NC(C)c2ccc3ccccc3c2)cc1OC. The van der Waals surface area contributed by atoms with Crippen LogP contribution in [0.2, 0.25) is 0 Å². The van der Waals surface area contributed by atoms with Gasteiger partial charge in [0.2, 0.25) is 0 Å². The zero-order valence-electron chi connectivity index (χ0n) is 16.6. The molecule has 0 aliphatic rings. The minimum absolute atomic E-state index is 0.173. The lowest BCUT2D eigenvalue weighted by Crippen LogP contribution is -2.26. The Morgan fingerprint density at radius 2 is 1.69 bits per heavy atom. The molecule has 0 aliphatic heterocycles. The van der Waals surface area contributed by atoms with E-state index in [9.17, 15) is 9.59 Å². The molecule has 0 fully saturated rings. The molecule has 6 heteroatoms. The topological polar surface area (TPSA) is 73.9 Å². The third kappa shape index (κ3) is 4.85. The number of methoxy groups -OCH3 is 2. The van der Waals surface area contributed by atoms with E-state index in [2.05, 4.69) is 22.2 Å². The number of hydrogen-bond donors (Lipinski definition) is 1. The zero-order valence-corrected chi connectivity index (χ0v) is 16.6. The first kappa shape index (κ1) is 20.2. The molecule has 0 aliphatic carbocycles. The number of carbonyl (C=O) groups is 2. The molecule has 3 rings (SSSR count). The maximum atomic E-state index is 12.7. The summed E-state index contributed by atoms with van der Waals surface area (Å²) in [6.07, 6.45) is 0. The lowest BCUT2D eigenvalue weighted by molar-refractivity contribution is -0.142. The van der Waals surface area contributed by atoms with Gasteiger partial charge in [-0.05, 0) is 47.5 Å². The van der Waals surface area contributed by atoms with E-state index in [1.165, 1.54) is 14.2 Å². The van der Waals surface area contributed by atoms with Gasteiger partial charge in [-0.3, -0.25) is 4.79 Å².